The van der Waals surface area contributed by atoms with Gasteiger partial charge in [-0.2, -0.15) is 0 Å². The van der Waals surface area contributed by atoms with Crippen LogP contribution >= 0.6 is 0 Å². The van der Waals surface area contributed by atoms with Gasteiger partial charge < -0.3 is 21.1 Å². The predicted molar refractivity (Wildman–Crippen MR) is 116 cm³/mol. The third-order valence-corrected chi connectivity index (χ3v) is 4.65. The Hall–Kier alpha value is -3.87. The number of pyridine rings is 1. The quantitative estimate of drug-likeness (QED) is 0.526. The summed E-state index contributed by atoms with van der Waals surface area (Å²) in [6, 6.07) is 17.4. The number of rotatable bonds is 6. The highest BCUT2D eigenvalue weighted by Gasteiger charge is 2.16. The molecule has 154 valence electrons. The van der Waals surface area contributed by atoms with Gasteiger partial charge in [0.1, 0.15) is 6.10 Å². The molecule has 7 heteroatoms. The fraction of sp³-hybridized carbons (Fsp3) is 0.174. The minimum Gasteiger partial charge on any atom is -0.442 e. The maximum Gasteiger partial charge on any atom is 0.408 e. The lowest BCUT2D eigenvalue weighted by molar-refractivity contribution is 0.101. The van der Waals surface area contributed by atoms with Crippen LogP contribution in [0.2, 0.25) is 0 Å². The number of ether oxygens (including phenoxy) is 1. The maximum atomic E-state index is 12.4. The second kappa shape index (κ2) is 9.56. The Bertz CT molecular complexity index is 1010. The Kier molecular flexibility index (Phi) is 6.64. The lowest BCUT2D eigenvalue weighted by Crippen LogP contribution is -2.28. The van der Waals surface area contributed by atoms with E-state index in [0.717, 1.165) is 11.1 Å². The summed E-state index contributed by atoms with van der Waals surface area (Å²) in [5, 5.41) is 5.56. The van der Waals surface area contributed by atoms with Crippen LogP contribution in [0.5, 0.6) is 0 Å². The fourth-order valence-electron chi connectivity index (χ4n) is 2.87. The third-order valence-electron chi connectivity index (χ3n) is 4.65. The van der Waals surface area contributed by atoms with E-state index in [-0.39, 0.29) is 11.9 Å². The smallest absolute Gasteiger partial charge is 0.408 e. The van der Waals surface area contributed by atoms with E-state index in [4.69, 9.17) is 10.5 Å². The molecule has 0 aliphatic heterocycles. The molecule has 2 aromatic carbocycles. The highest BCUT2D eigenvalue weighted by Crippen LogP contribution is 2.21. The molecule has 0 unspecified atom stereocenters. The van der Waals surface area contributed by atoms with Crippen LogP contribution in [0.15, 0.2) is 73.1 Å². The van der Waals surface area contributed by atoms with Crippen molar-refractivity contribution in [3.05, 3.63) is 89.7 Å². The summed E-state index contributed by atoms with van der Waals surface area (Å²) in [5.74, 6) is -0.268. The number of nitrogens with zero attached hydrogens (tertiary/aromatic N) is 1. The Morgan fingerprint density at radius 1 is 0.967 bits per heavy atom. The van der Waals surface area contributed by atoms with Crippen LogP contribution in [0.25, 0.3) is 0 Å². The lowest BCUT2D eigenvalue weighted by atomic mass is 10.1. The predicted octanol–water partition coefficient (Wildman–Crippen LogP) is 4.46. The van der Waals surface area contributed by atoms with Crippen LogP contribution < -0.4 is 16.4 Å². The fourth-order valence-corrected chi connectivity index (χ4v) is 2.87. The molecule has 0 fully saturated rings. The van der Waals surface area contributed by atoms with Gasteiger partial charge in [0.2, 0.25) is 0 Å². The van der Waals surface area contributed by atoms with Crippen molar-refractivity contribution in [2.45, 2.75) is 26.0 Å². The van der Waals surface area contributed by atoms with Gasteiger partial charge in [-0.3, -0.25) is 9.78 Å². The largest absolute Gasteiger partial charge is 0.442 e. The molecule has 0 aliphatic carbocycles. The van der Waals surface area contributed by atoms with Crippen molar-refractivity contribution in [1.29, 1.82) is 0 Å². The van der Waals surface area contributed by atoms with Crippen LogP contribution in [-0.4, -0.2) is 17.0 Å². The Morgan fingerprint density at radius 2 is 1.70 bits per heavy atom. The molecule has 3 rings (SSSR count). The number of para-hydroxylation sites is 2. The van der Waals surface area contributed by atoms with Gasteiger partial charge >= 0.3 is 6.09 Å². The zero-order valence-electron chi connectivity index (χ0n) is 16.8. The van der Waals surface area contributed by atoms with Crippen molar-refractivity contribution < 1.29 is 14.3 Å². The summed E-state index contributed by atoms with van der Waals surface area (Å²) in [6.45, 7) is 3.63. The van der Waals surface area contributed by atoms with Crippen molar-refractivity contribution in [2.75, 3.05) is 11.1 Å². The average Bonchev–Trinajstić information content (AvgIpc) is 2.76. The van der Waals surface area contributed by atoms with E-state index < -0.39 is 12.2 Å². The van der Waals surface area contributed by atoms with Crippen molar-refractivity contribution in [2.24, 2.45) is 0 Å². The van der Waals surface area contributed by atoms with Gasteiger partial charge in [0.15, 0.2) is 0 Å². The Balaban J connectivity index is 1.56. The highest BCUT2D eigenvalue weighted by atomic mass is 16.6. The standard InChI is InChI=1S/C23H24N4O3/c1-15(19-6-5-13-25-14-19)26-23(29)30-16(2)17-9-11-18(12-10-17)22(28)27-21-8-4-3-7-20(21)24/h3-16H,24H2,1-2H3,(H,26,29)(H,27,28)/t15-,16-/m0/s1. The van der Waals surface area contributed by atoms with E-state index in [9.17, 15) is 9.59 Å². The molecule has 2 atom stereocenters. The van der Waals surface area contributed by atoms with E-state index in [1.54, 1.807) is 67.8 Å². The first-order valence-electron chi connectivity index (χ1n) is 9.57. The zero-order chi connectivity index (χ0) is 21.5. The number of aromatic nitrogens is 1. The molecule has 7 nitrogen and oxygen atoms in total. The normalized spacial score (nSPS) is 12.5. The SMILES string of the molecule is C[C@H](NC(=O)O[C@@H](C)c1ccc(C(=O)Nc2ccccc2N)cc1)c1cccnc1. The van der Waals surface area contributed by atoms with E-state index >= 15 is 0 Å². The van der Waals surface area contributed by atoms with Gasteiger partial charge in [-0.25, -0.2) is 4.79 Å². The van der Waals surface area contributed by atoms with Crippen molar-refractivity contribution in [1.82, 2.24) is 10.3 Å². The number of anilines is 2. The van der Waals surface area contributed by atoms with E-state index in [1.165, 1.54) is 0 Å². The second-order valence-electron chi connectivity index (χ2n) is 6.86. The van der Waals surface area contributed by atoms with Crippen LogP contribution in [0.1, 0.15) is 47.5 Å². The van der Waals surface area contributed by atoms with Gasteiger partial charge in [0, 0.05) is 18.0 Å². The van der Waals surface area contributed by atoms with E-state index in [2.05, 4.69) is 15.6 Å². The van der Waals surface area contributed by atoms with Crippen molar-refractivity contribution in [3.63, 3.8) is 0 Å². The molecule has 30 heavy (non-hydrogen) atoms. The summed E-state index contributed by atoms with van der Waals surface area (Å²) < 4.78 is 5.45. The van der Waals surface area contributed by atoms with Gasteiger partial charge in [0.25, 0.3) is 5.91 Å². The van der Waals surface area contributed by atoms with Crippen LogP contribution in [0.4, 0.5) is 16.2 Å². The highest BCUT2D eigenvalue weighted by molar-refractivity contribution is 6.05. The number of nitrogen functional groups attached to an aromatic ring is 1. The summed E-state index contributed by atoms with van der Waals surface area (Å²) in [4.78, 5) is 28.6. The number of alkyl carbamates (subject to hydrolysis) is 1. The molecule has 1 heterocycles. The number of amides is 2. The number of nitrogens with one attached hydrogen (secondary N) is 2. The summed E-state index contributed by atoms with van der Waals surface area (Å²) in [6.07, 6.45) is 2.37. The van der Waals surface area contributed by atoms with E-state index in [0.29, 0.717) is 16.9 Å². The topological polar surface area (TPSA) is 106 Å². The minimum atomic E-state index is -0.528. The molecule has 0 saturated carbocycles. The minimum absolute atomic E-state index is 0.227. The van der Waals surface area contributed by atoms with Gasteiger partial charge in [0.05, 0.1) is 17.4 Å². The first-order chi connectivity index (χ1) is 14.4. The maximum absolute atomic E-state index is 12.4. The van der Waals surface area contributed by atoms with E-state index in [1.807, 2.05) is 19.1 Å². The van der Waals surface area contributed by atoms with Crippen molar-refractivity contribution in [3.8, 4) is 0 Å². The van der Waals surface area contributed by atoms with Crippen LogP contribution in [-0.2, 0) is 4.74 Å². The number of carbonyl (C=O) groups is 2. The van der Waals surface area contributed by atoms with Crippen LogP contribution in [0.3, 0.4) is 0 Å². The molecule has 3 aromatic rings. The lowest BCUT2D eigenvalue weighted by Gasteiger charge is -2.18. The molecule has 0 radical (unpaired) electrons. The second-order valence-corrected chi connectivity index (χ2v) is 6.86. The third kappa shape index (κ3) is 5.35. The monoisotopic (exact) mass is 404 g/mol. The van der Waals surface area contributed by atoms with Gasteiger partial charge in [-0.1, -0.05) is 30.3 Å². The summed E-state index contributed by atoms with van der Waals surface area (Å²) in [5.41, 5.74) is 9.04. The molecular weight excluding hydrogens is 380 g/mol. The molecule has 0 spiro atoms. The molecular formula is C23H24N4O3. The zero-order valence-corrected chi connectivity index (χ0v) is 16.8. The number of benzene rings is 2. The first-order valence-corrected chi connectivity index (χ1v) is 9.57. The molecule has 0 aliphatic rings. The number of hydrogen-bond acceptors (Lipinski definition) is 5. The molecule has 0 saturated heterocycles. The molecule has 1 aromatic heterocycles. The molecule has 0 bridgehead atoms. The number of hydrogen-bond donors (Lipinski definition) is 3. The average molecular weight is 404 g/mol. The molecule has 4 N–H and O–H groups in total. The summed E-state index contributed by atoms with van der Waals surface area (Å²) in [7, 11) is 0. The Morgan fingerprint density at radius 3 is 2.37 bits per heavy atom. The molecule has 2 amide bonds. The summed E-state index contributed by atoms with van der Waals surface area (Å²) >= 11 is 0. The number of nitrogens with two attached hydrogens (primary N) is 1. The van der Waals surface area contributed by atoms with Crippen molar-refractivity contribution >= 4 is 23.4 Å². The number of carbonyl (C=O) groups excluding carboxylic acids is 2. The Labute approximate surface area is 175 Å². The van der Waals surface area contributed by atoms with Gasteiger partial charge in [-0.05, 0) is 55.3 Å². The first kappa shape index (κ1) is 20.9. The van der Waals surface area contributed by atoms with Crippen LogP contribution in [0, 0.1) is 0 Å². The van der Waals surface area contributed by atoms with Gasteiger partial charge in [-0.15, -0.1) is 0 Å².